The molecule has 1 rings (SSSR count). The van der Waals surface area contributed by atoms with E-state index < -0.39 is 0 Å². The van der Waals surface area contributed by atoms with Crippen LogP contribution in [0.15, 0.2) is 24.3 Å². The van der Waals surface area contributed by atoms with Gasteiger partial charge < -0.3 is 15.4 Å². The number of amides is 1. The number of halogens is 1. The van der Waals surface area contributed by atoms with E-state index in [1.165, 1.54) is 0 Å². The van der Waals surface area contributed by atoms with Crippen molar-refractivity contribution in [3.63, 3.8) is 0 Å². The van der Waals surface area contributed by atoms with Crippen molar-refractivity contribution in [1.82, 2.24) is 10.6 Å². The molecule has 1 aromatic carbocycles. The summed E-state index contributed by atoms with van der Waals surface area (Å²) in [6, 6.07) is 7.55. The number of benzene rings is 1. The van der Waals surface area contributed by atoms with Crippen molar-refractivity contribution in [2.24, 2.45) is 0 Å². The summed E-state index contributed by atoms with van der Waals surface area (Å²) in [6.07, 6.45) is 1.37. The lowest BCUT2D eigenvalue weighted by atomic mass is 10.1. The highest BCUT2D eigenvalue weighted by atomic mass is 35.5. The van der Waals surface area contributed by atoms with Crippen molar-refractivity contribution < 1.29 is 9.53 Å². The molecule has 0 aliphatic rings. The van der Waals surface area contributed by atoms with Gasteiger partial charge in [-0.3, -0.25) is 4.79 Å². The lowest BCUT2D eigenvalue weighted by Gasteiger charge is -2.05. The Hall–Kier alpha value is -1.26. The van der Waals surface area contributed by atoms with Crippen LogP contribution in [0.25, 0.3) is 0 Å². The number of hydrogen-bond acceptors (Lipinski definition) is 3. The van der Waals surface area contributed by atoms with Crippen molar-refractivity contribution in [3.8, 4) is 5.75 Å². The molecule has 1 aromatic rings. The summed E-state index contributed by atoms with van der Waals surface area (Å²) in [5, 5.41) is 5.92. The molecular formula is C13H21ClN2O2. The molecule has 0 heterocycles. The highest BCUT2D eigenvalue weighted by Crippen LogP contribution is 2.11. The average Bonchev–Trinajstić information content (AvgIpc) is 2.36. The van der Waals surface area contributed by atoms with Crippen LogP contribution in [-0.2, 0) is 11.2 Å². The maximum atomic E-state index is 11.6. The Balaban J connectivity index is 0.00000289. The second-order valence-corrected chi connectivity index (χ2v) is 3.83. The molecule has 0 aliphatic carbocycles. The van der Waals surface area contributed by atoms with Crippen molar-refractivity contribution in [1.29, 1.82) is 0 Å². The third-order valence-corrected chi connectivity index (χ3v) is 2.45. The van der Waals surface area contributed by atoms with Gasteiger partial charge in [0.15, 0.2) is 0 Å². The molecular weight excluding hydrogens is 252 g/mol. The van der Waals surface area contributed by atoms with E-state index in [-0.39, 0.29) is 18.3 Å². The van der Waals surface area contributed by atoms with Gasteiger partial charge in [-0.2, -0.15) is 0 Å². The van der Waals surface area contributed by atoms with Crippen LogP contribution in [0.3, 0.4) is 0 Å². The quantitative estimate of drug-likeness (QED) is 0.738. The number of rotatable bonds is 7. The van der Waals surface area contributed by atoms with Crippen LogP contribution in [0.4, 0.5) is 0 Å². The Morgan fingerprint density at radius 3 is 2.44 bits per heavy atom. The van der Waals surface area contributed by atoms with Crippen molar-refractivity contribution >= 4 is 18.3 Å². The number of carbonyl (C=O) groups excluding carboxylic acids is 1. The maximum Gasteiger partial charge on any atom is 0.224 e. The lowest BCUT2D eigenvalue weighted by molar-refractivity contribution is -0.120. The van der Waals surface area contributed by atoms with Gasteiger partial charge in [0.2, 0.25) is 5.91 Å². The first-order valence-corrected chi connectivity index (χ1v) is 5.80. The van der Waals surface area contributed by atoms with Crippen LogP contribution in [0.5, 0.6) is 5.75 Å². The topological polar surface area (TPSA) is 50.4 Å². The number of ether oxygens (including phenoxy) is 1. The number of carbonyl (C=O) groups is 1. The maximum absolute atomic E-state index is 11.6. The van der Waals surface area contributed by atoms with Crippen LogP contribution in [-0.4, -0.2) is 33.2 Å². The van der Waals surface area contributed by atoms with E-state index in [0.29, 0.717) is 6.42 Å². The van der Waals surface area contributed by atoms with E-state index >= 15 is 0 Å². The molecule has 0 bridgehead atoms. The molecule has 0 unspecified atom stereocenters. The Kier molecular flexibility index (Phi) is 9.06. The van der Waals surface area contributed by atoms with E-state index in [9.17, 15) is 4.79 Å². The SMILES string of the molecule is CNCCCNC(=O)Cc1ccc(OC)cc1.Cl. The highest BCUT2D eigenvalue weighted by Gasteiger charge is 2.02. The summed E-state index contributed by atoms with van der Waals surface area (Å²) in [5.74, 6) is 0.870. The van der Waals surface area contributed by atoms with Gasteiger partial charge in [0.25, 0.3) is 0 Å². The van der Waals surface area contributed by atoms with Crippen LogP contribution in [0, 0.1) is 0 Å². The van der Waals surface area contributed by atoms with Gasteiger partial charge in [-0.25, -0.2) is 0 Å². The standard InChI is InChI=1S/C13H20N2O2.ClH/c1-14-8-3-9-15-13(16)10-11-4-6-12(17-2)7-5-11;/h4-7,14H,3,8-10H2,1-2H3,(H,15,16);1H. The molecule has 0 saturated carbocycles. The third kappa shape index (κ3) is 6.47. The van der Waals surface area contributed by atoms with Gasteiger partial charge in [-0.1, -0.05) is 12.1 Å². The molecule has 4 nitrogen and oxygen atoms in total. The molecule has 0 fully saturated rings. The van der Waals surface area contributed by atoms with Crippen LogP contribution in [0.1, 0.15) is 12.0 Å². The van der Waals surface area contributed by atoms with Crippen LogP contribution in [0.2, 0.25) is 0 Å². The Morgan fingerprint density at radius 1 is 1.22 bits per heavy atom. The first-order chi connectivity index (χ1) is 8.26. The minimum Gasteiger partial charge on any atom is -0.497 e. The fourth-order valence-corrected chi connectivity index (χ4v) is 1.48. The second kappa shape index (κ2) is 9.74. The first-order valence-electron chi connectivity index (χ1n) is 5.80. The molecule has 0 atom stereocenters. The molecule has 2 N–H and O–H groups in total. The number of hydrogen-bond donors (Lipinski definition) is 2. The second-order valence-electron chi connectivity index (χ2n) is 3.83. The predicted octanol–water partition coefficient (Wildman–Crippen LogP) is 1.39. The molecule has 0 saturated heterocycles. The molecule has 1 amide bonds. The fourth-order valence-electron chi connectivity index (χ4n) is 1.48. The summed E-state index contributed by atoms with van der Waals surface area (Å²) in [7, 11) is 3.53. The van der Waals surface area contributed by atoms with Crippen molar-refractivity contribution in [2.45, 2.75) is 12.8 Å². The van der Waals surface area contributed by atoms with Crippen LogP contribution < -0.4 is 15.4 Å². The van der Waals surface area contributed by atoms with E-state index in [4.69, 9.17) is 4.74 Å². The Bertz CT molecular complexity index is 341. The third-order valence-electron chi connectivity index (χ3n) is 2.45. The molecule has 0 radical (unpaired) electrons. The van der Waals surface area contributed by atoms with Gasteiger partial charge in [0.05, 0.1) is 13.5 Å². The zero-order valence-corrected chi connectivity index (χ0v) is 11.7. The van der Waals surface area contributed by atoms with E-state index in [1.54, 1.807) is 7.11 Å². The van der Waals surface area contributed by atoms with E-state index in [1.807, 2.05) is 31.3 Å². The summed E-state index contributed by atoms with van der Waals surface area (Å²) in [5.41, 5.74) is 0.997. The smallest absolute Gasteiger partial charge is 0.224 e. The zero-order chi connectivity index (χ0) is 12.5. The predicted molar refractivity (Wildman–Crippen MR) is 75.5 cm³/mol. The Morgan fingerprint density at radius 2 is 1.89 bits per heavy atom. The van der Waals surface area contributed by atoms with Crippen LogP contribution >= 0.6 is 12.4 Å². The summed E-state index contributed by atoms with van der Waals surface area (Å²) in [4.78, 5) is 11.6. The van der Waals surface area contributed by atoms with Crippen molar-refractivity contribution in [3.05, 3.63) is 29.8 Å². The summed E-state index contributed by atoms with van der Waals surface area (Å²) in [6.45, 7) is 1.64. The lowest BCUT2D eigenvalue weighted by Crippen LogP contribution is -2.27. The molecule has 18 heavy (non-hydrogen) atoms. The molecule has 0 aliphatic heterocycles. The van der Waals surface area contributed by atoms with Gasteiger partial charge in [0.1, 0.15) is 5.75 Å². The van der Waals surface area contributed by atoms with Gasteiger partial charge in [-0.15, -0.1) is 12.4 Å². The normalized spacial score (nSPS) is 9.44. The summed E-state index contributed by atoms with van der Waals surface area (Å²) >= 11 is 0. The largest absolute Gasteiger partial charge is 0.497 e. The molecule has 0 aromatic heterocycles. The van der Waals surface area contributed by atoms with Gasteiger partial charge in [0, 0.05) is 6.54 Å². The number of methoxy groups -OCH3 is 1. The van der Waals surface area contributed by atoms with Gasteiger partial charge in [-0.05, 0) is 37.7 Å². The minimum atomic E-state index is 0. The molecule has 0 spiro atoms. The monoisotopic (exact) mass is 272 g/mol. The van der Waals surface area contributed by atoms with E-state index in [2.05, 4.69) is 10.6 Å². The zero-order valence-electron chi connectivity index (χ0n) is 10.9. The van der Waals surface area contributed by atoms with Crippen molar-refractivity contribution in [2.75, 3.05) is 27.2 Å². The molecule has 5 heteroatoms. The molecule has 102 valence electrons. The highest BCUT2D eigenvalue weighted by molar-refractivity contribution is 5.85. The van der Waals surface area contributed by atoms with E-state index in [0.717, 1.165) is 30.8 Å². The Labute approximate surface area is 115 Å². The van der Waals surface area contributed by atoms with Gasteiger partial charge >= 0.3 is 0 Å². The fraction of sp³-hybridized carbons (Fsp3) is 0.462. The summed E-state index contributed by atoms with van der Waals surface area (Å²) < 4.78 is 5.06. The minimum absolute atomic E-state index is 0. The number of nitrogens with one attached hydrogen (secondary N) is 2. The average molecular weight is 273 g/mol. The first kappa shape index (κ1) is 16.7.